The van der Waals surface area contributed by atoms with Crippen LogP contribution in [0.15, 0.2) is 42.5 Å². The van der Waals surface area contributed by atoms with E-state index in [1.54, 1.807) is 25.3 Å². The average Bonchev–Trinajstić information content (AvgIpc) is 2.56. The topological polar surface area (TPSA) is 47.6 Å². The van der Waals surface area contributed by atoms with Gasteiger partial charge >= 0.3 is 0 Å². The molecule has 0 aromatic heterocycles. The lowest BCUT2D eigenvalue weighted by Crippen LogP contribution is -2.26. The Balaban J connectivity index is 2.13. The molecule has 0 spiro atoms. The maximum Gasteiger partial charge on any atom is 0.251 e. The molecule has 122 valence electrons. The van der Waals surface area contributed by atoms with E-state index < -0.39 is 0 Å². The first-order chi connectivity index (χ1) is 11.1. The first kappa shape index (κ1) is 17.2. The van der Waals surface area contributed by atoms with Crippen molar-refractivity contribution in [1.29, 1.82) is 0 Å². The quantitative estimate of drug-likeness (QED) is 0.860. The average molecular weight is 334 g/mol. The van der Waals surface area contributed by atoms with Crippen molar-refractivity contribution in [1.82, 2.24) is 5.32 Å². The Kier molecular flexibility index (Phi) is 5.88. The molecule has 1 amide bonds. The van der Waals surface area contributed by atoms with E-state index >= 15 is 0 Å². The van der Waals surface area contributed by atoms with Gasteiger partial charge in [0.2, 0.25) is 0 Å². The van der Waals surface area contributed by atoms with Crippen molar-refractivity contribution in [3.8, 4) is 11.5 Å². The molecule has 0 fully saturated rings. The number of nitrogens with one attached hydrogen (secondary N) is 1. The lowest BCUT2D eigenvalue weighted by Gasteiger charge is -2.17. The van der Waals surface area contributed by atoms with E-state index in [2.05, 4.69) is 5.32 Å². The van der Waals surface area contributed by atoms with E-state index in [-0.39, 0.29) is 11.9 Å². The molecule has 0 saturated heterocycles. The minimum absolute atomic E-state index is 0.191. The predicted octanol–water partition coefficient (Wildman–Crippen LogP) is 4.24. The monoisotopic (exact) mass is 333 g/mol. The molecule has 0 saturated carbocycles. The zero-order valence-corrected chi connectivity index (χ0v) is 14.2. The second-order valence-corrected chi connectivity index (χ2v) is 5.42. The number of ether oxygens (including phenoxy) is 2. The summed E-state index contributed by atoms with van der Waals surface area (Å²) in [6.45, 7) is 4.31. The fourth-order valence-electron chi connectivity index (χ4n) is 2.30. The summed E-state index contributed by atoms with van der Waals surface area (Å²) in [5.74, 6) is 1.11. The predicted molar refractivity (Wildman–Crippen MR) is 91.5 cm³/mol. The lowest BCUT2D eigenvalue weighted by atomic mass is 10.1. The van der Waals surface area contributed by atoms with Crippen molar-refractivity contribution in [2.24, 2.45) is 0 Å². The van der Waals surface area contributed by atoms with Crippen LogP contribution in [0, 0.1) is 0 Å². The normalized spacial score (nSPS) is 11.7. The molecule has 1 N–H and O–H groups in total. The van der Waals surface area contributed by atoms with Gasteiger partial charge in [0.1, 0.15) is 11.5 Å². The second-order valence-electron chi connectivity index (χ2n) is 5.02. The molecule has 4 nitrogen and oxygen atoms in total. The van der Waals surface area contributed by atoms with Crippen molar-refractivity contribution in [2.45, 2.75) is 19.9 Å². The number of carbonyl (C=O) groups excluding carboxylic acids is 1. The van der Waals surface area contributed by atoms with Crippen LogP contribution in [0.4, 0.5) is 0 Å². The molecule has 0 aliphatic heterocycles. The zero-order chi connectivity index (χ0) is 16.8. The highest BCUT2D eigenvalue weighted by atomic mass is 35.5. The Bertz CT molecular complexity index is 688. The van der Waals surface area contributed by atoms with Crippen LogP contribution in [0.2, 0.25) is 5.02 Å². The number of benzene rings is 2. The van der Waals surface area contributed by atoms with Crippen LogP contribution in [-0.4, -0.2) is 19.6 Å². The summed E-state index contributed by atoms with van der Waals surface area (Å²) in [5, 5.41) is 3.37. The molecule has 0 aliphatic rings. The number of para-hydroxylation sites is 1. The third kappa shape index (κ3) is 4.17. The fraction of sp³-hybridized carbons (Fsp3) is 0.278. The molecule has 0 unspecified atom stereocenters. The van der Waals surface area contributed by atoms with Gasteiger partial charge in [-0.3, -0.25) is 4.79 Å². The molecule has 0 aliphatic carbocycles. The van der Waals surface area contributed by atoms with Crippen LogP contribution in [0.1, 0.15) is 35.8 Å². The van der Waals surface area contributed by atoms with E-state index in [0.717, 1.165) is 11.3 Å². The maximum atomic E-state index is 12.4. The standard InChI is InChI=1S/C18H20ClNO3/c1-4-23-17-10-9-13(11-15(17)19)18(21)20-12(2)14-7-5-6-8-16(14)22-3/h5-12H,4H2,1-3H3,(H,20,21)/t12-/m0/s1. The van der Waals surface area contributed by atoms with E-state index in [4.69, 9.17) is 21.1 Å². The SMILES string of the molecule is CCOc1ccc(C(=O)N[C@@H](C)c2ccccc2OC)cc1Cl. The molecular weight excluding hydrogens is 314 g/mol. The molecular formula is C18H20ClNO3. The van der Waals surface area contributed by atoms with Crippen LogP contribution in [0.3, 0.4) is 0 Å². The Morgan fingerprint density at radius 2 is 1.96 bits per heavy atom. The van der Waals surface area contributed by atoms with Gasteiger partial charge in [-0.05, 0) is 38.1 Å². The van der Waals surface area contributed by atoms with Gasteiger partial charge in [0, 0.05) is 11.1 Å². The van der Waals surface area contributed by atoms with Crippen molar-refractivity contribution in [2.75, 3.05) is 13.7 Å². The summed E-state index contributed by atoms with van der Waals surface area (Å²) in [4.78, 5) is 12.4. The van der Waals surface area contributed by atoms with Crippen LogP contribution >= 0.6 is 11.6 Å². The summed E-state index contributed by atoms with van der Waals surface area (Å²) < 4.78 is 10.7. The van der Waals surface area contributed by atoms with E-state index in [1.165, 1.54) is 0 Å². The van der Waals surface area contributed by atoms with Crippen LogP contribution in [0.5, 0.6) is 11.5 Å². The molecule has 1 atom stereocenters. The number of amides is 1. The molecule has 5 heteroatoms. The molecule has 0 radical (unpaired) electrons. The minimum atomic E-state index is -0.201. The minimum Gasteiger partial charge on any atom is -0.496 e. The van der Waals surface area contributed by atoms with Gasteiger partial charge in [0.05, 0.1) is 24.8 Å². The second kappa shape index (κ2) is 7.88. The lowest BCUT2D eigenvalue weighted by molar-refractivity contribution is 0.0939. The van der Waals surface area contributed by atoms with Gasteiger partial charge < -0.3 is 14.8 Å². The number of methoxy groups -OCH3 is 1. The van der Waals surface area contributed by atoms with Crippen molar-refractivity contribution >= 4 is 17.5 Å². The number of hydrogen-bond donors (Lipinski definition) is 1. The first-order valence-corrected chi connectivity index (χ1v) is 7.80. The van der Waals surface area contributed by atoms with Crippen molar-refractivity contribution in [3.63, 3.8) is 0 Å². The van der Waals surface area contributed by atoms with Crippen molar-refractivity contribution < 1.29 is 14.3 Å². The van der Waals surface area contributed by atoms with Gasteiger partial charge in [-0.15, -0.1) is 0 Å². The van der Waals surface area contributed by atoms with E-state index in [1.807, 2.05) is 38.1 Å². The van der Waals surface area contributed by atoms with Crippen LogP contribution in [-0.2, 0) is 0 Å². The molecule has 2 aromatic rings. The number of carbonyl (C=O) groups is 1. The Labute approximate surface area is 141 Å². The van der Waals surface area contributed by atoms with Crippen molar-refractivity contribution in [3.05, 3.63) is 58.6 Å². The summed E-state index contributed by atoms with van der Waals surface area (Å²) in [5.41, 5.74) is 1.40. The highest BCUT2D eigenvalue weighted by Gasteiger charge is 2.15. The van der Waals surface area contributed by atoms with Gasteiger partial charge in [0.25, 0.3) is 5.91 Å². The smallest absolute Gasteiger partial charge is 0.251 e. The summed E-state index contributed by atoms with van der Waals surface area (Å²) in [6, 6.07) is 12.4. The summed E-state index contributed by atoms with van der Waals surface area (Å²) in [6.07, 6.45) is 0. The highest BCUT2D eigenvalue weighted by Crippen LogP contribution is 2.27. The third-order valence-electron chi connectivity index (χ3n) is 3.45. The van der Waals surface area contributed by atoms with Gasteiger partial charge in [0.15, 0.2) is 0 Å². The van der Waals surface area contributed by atoms with Gasteiger partial charge in [-0.25, -0.2) is 0 Å². The largest absolute Gasteiger partial charge is 0.496 e. The molecule has 0 bridgehead atoms. The van der Waals surface area contributed by atoms with E-state index in [9.17, 15) is 4.79 Å². The maximum absolute atomic E-state index is 12.4. The van der Waals surface area contributed by atoms with Crippen LogP contribution in [0.25, 0.3) is 0 Å². The third-order valence-corrected chi connectivity index (χ3v) is 3.74. The number of halogens is 1. The summed E-state index contributed by atoms with van der Waals surface area (Å²) in [7, 11) is 1.61. The van der Waals surface area contributed by atoms with E-state index in [0.29, 0.717) is 22.9 Å². The molecule has 0 heterocycles. The Hall–Kier alpha value is -2.20. The number of rotatable bonds is 6. The molecule has 2 aromatic carbocycles. The molecule has 23 heavy (non-hydrogen) atoms. The summed E-state index contributed by atoms with van der Waals surface area (Å²) >= 11 is 6.13. The molecule has 2 rings (SSSR count). The fourth-order valence-corrected chi connectivity index (χ4v) is 2.53. The Morgan fingerprint density at radius 1 is 1.22 bits per heavy atom. The first-order valence-electron chi connectivity index (χ1n) is 7.43. The zero-order valence-electron chi connectivity index (χ0n) is 13.4. The van der Waals surface area contributed by atoms with Gasteiger partial charge in [-0.2, -0.15) is 0 Å². The van der Waals surface area contributed by atoms with Crippen LogP contribution < -0.4 is 14.8 Å². The number of hydrogen-bond acceptors (Lipinski definition) is 3. The highest BCUT2D eigenvalue weighted by molar-refractivity contribution is 6.32. The Morgan fingerprint density at radius 3 is 2.61 bits per heavy atom. The van der Waals surface area contributed by atoms with Gasteiger partial charge in [-0.1, -0.05) is 29.8 Å².